The lowest BCUT2D eigenvalue weighted by Crippen LogP contribution is -2.70. The second-order valence-electron chi connectivity index (χ2n) is 3.97. The molecule has 0 saturated carbocycles. The first-order valence-electron chi connectivity index (χ1n) is 4.74. The maximum absolute atomic E-state index is 13.0. The second kappa shape index (κ2) is 5.35. The Morgan fingerprint density at radius 3 is 1.27 bits per heavy atom. The topological polar surface area (TPSA) is 54.4 Å². The average molecular weight is 378 g/mol. The van der Waals surface area contributed by atoms with Crippen molar-refractivity contribution in [2.45, 2.75) is 36.3 Å². The highest BCUT2D eigenvalue weighted by Gasteiger charge is 2.89. The van der Waals surface area contributed by atoms with Gasteiger partial charge < -0.3 is 0 Å². The molecule has 0 aromatic carbocycles. The van der Waals surface area contributed by atoms with Crippen molar-refractivity contribution < 1.29 is 61.3 Å². The van der Waals surface area contributed by atoms with Crippen LogP contribution in [-0.2, 0) is 10.1 Å². The van der Waals surface area contributed by atoms with Gasteiger partial charge in [0.15, 0.2) is 0 Å². The Kier molecular flexibility index (Phi) is 5.14. The second-order valence-corrected chi connectivity index (χ2v) is 5.54. The molecular formula is C7H5F11O3S. The largest absolute Gasteiger partial charge is 0.438 e. The van der Waals surface area contributed by atoms with Crippen molar-refractivity contribution in [1.82, 2.24) is 0 Å². The molecule has 0 bridgehead atoms. The summed E-state index contributed by atoms with van der Waals surface area (Å²) in [5, 5.41) is 0. The lowest BCUT2D eigenvalue weighted by molar-refractivity contribution is -0.426. The summed E-state index contributed by atoms with van der Waals surface area (Å²) in [6.45, 7) is 0. The molecule has 3 nitrogen and oxygen atoms in total. The van der Waals surface area contributed by atoms with Crippen molar-refractivity contribution in [3.63, 3.8) is 0 Å². The van der Waals surface area contributed by atoms with E-state index >= 15 is 0 Å². The predicted molar refractivity (Wildman–Crippen MR) is 46.9 cm³/mol. The van der Waals surface area contributed by atoms with Crippen LogP contribution in [0, 0.1) is 0 Å². The summed E-state index contributed by atoms with van der Waals surface area (Å²) in [7, 11) is -5.43. The van der Waals surface area contributed by atoms with Crippen LogP contribution in [0.1, 0.15) is 6.42 Å². The first-order valence-corrected chi connectivity index (χ1v) is 6.35. The fourth-order valence-corrected chi connectivity index (χ4v) is 1.70. The minimum atomic E-state index is -7.63. The molecule has 0 aromatic rings. The van der Waals surface area contributed by atoms with Gasteiger partial charge >= 0.3 is 29.9 Å². The molecule has 0 unspecified atom stereocenters. The fraction of sp³-hybridized carbons (Fsp3) is 1.00. The molecule has 0 spiro atoms. The van der Waals surface area contributed by atoms with Crippen LogP contribution in [0.25, 0.3) is 0 Å². The molecule has 1 N–H and O–H groups in total. The van der Waals surface area contributed by atoms with E-state index in [1.165, 1.54) is 0 Å². The minimum Gasteiger partial charge on any atom is -0.286 e. The van der Waals surface area contributed by atoms with Gasteiger partial charge in [-0.05, 0) is 0 Å². The Morgan fingerprint density at radius 2 is 1.05 bits per heavy atom. The molecule has 0 atom stereocenters. The van der Waals surface area contributed by atoms with Crippen molar-refractivity contribution in [3.8, 4) is 0 Å². The van der Waals surface area contributed by atoms with Gasteiger partial charge in [0.25, 0.3) is 10.1 Å². The van der Waals surface area contributed by atoms with E-state index in [0.717, 1.165) is 0 Å². The number of halogens is 11. The van der Waals surface area contributed by atoms with Crippen LogP contribution in [0.5, 0.6) is 0 Å². The summed E-state index contributed by atoms with van der Waals surface area (Å²) < 4.78 is 165. The molecule has 0 aliphatic carbocycles. The van der Waals surface area contributed by atoms with E-state index in [4.69, 9.17) is 4.55 Å². The van der Waals surface area contributed by atoms with Gasteiger partial charge in [-0.1, -0.05) is 0 Å². The molecule has 15 heteroatoms. The maximum atomic E-state index is 13.0. The van der Waals surface area contributed by atoms with Crippen LogP contribution in [0.15, 0.2) is 0 Å². The maximum Gasteiger partial charge on any atom is 0.438 e. The Labute approximate surface area is 114 Å². The summed E-state index contributed by atoms with van der Waals surface area (Å²) in [5.74, 6) is -16.1. The molecule has 0 rings (SSSR count). The molecule has 0 fully saturated rings. The van der Waals surface area contributed by atoms with Crippen molar-refractivity contribution in [2.75, 3.05) is 5.75 Å². The van der Waals surface area contributed by atoms with E-state index in [9.17, 15) is 56.7 Å². The van der Waals surface area contributed by atoms with E-state index < -0.39 is 52.2 Å². The highest BCUT2D eigenvalue weighted by Crippen LogP contribution is 2.59. The SMILES string of the molecule is O=S(=O)(O)CCC(F)(F)C(F)(F)C(F)(C(F)(F)F)C(F)(F)F. The summed E-state index contributed by atoms with van der Waals surface area (Å²) in [4.78, 5) is 0. The Balaban J connectivity index is 6.03. The zero-order chi connectivity index (χ0) is 18.4. The van der Waals surface area contributed by atoms with Crippen LogP contribution >= 0.6 is 0 Å². The van der Waals surface area contributed by atoms with Crippen molar-refractivity contribution in [2.24, 2.45) is 0 Å². The highest BCUT2D eigenvalue weighted by atomic mass is 32.2. The van der Waals surface area contributed by atoms with E-state index in [1.807, 2.05) is 0 Å². The highest BCUT2D eigenvalue weighted by molar-refractivity contribution is 7.85. The fourth-order valence-electron chi connectivity index (χ4n) is 1.18. The van der Waals surface area contributed by atoms with Gasteiger partial charge in [0.2, 0.25) is 0 Å². The van der Waals surface area contributed by atoms with Crippen molar-refractivity contribution in [3.05, 3.63) is 0 Å². The number of hydrogen-bond donors (Lipinski definition) is 1. The molecule has 0 aliphatic heterocycles. The number of alkyl halides is 11. The first-order chi connectivity index (χ1) is 9.21. The summed E-state index contributed by atoms with van der Waals surface area (Å²) in [5.41, 5.74) is -7.63. The van der Waals surface area contributed by atoms with Gasteiger partial charge in [0, 0.05) is 6.42 Å². The van der Waals surface area contributed by atoms with Gasteiger partial charge in [0.05, 0.1) is 5.75 Å². The third kappa shape index (κ3) is 3.55. The molecule has 134 valence electrons. The molecule has 22 heavy (non-hydrogen) atoms. The number of rotatable bonds is 5. The van der Waals surface area contributed by atoms with Gasteiger partial charge in [-0.2, -0.15) is 52.3 Å². The lowest BCUT2D eigenvalue weighted by atomic mass is 9.89. The van der Waals surface area contributed by atoms with Crippen LogP contribution in [0.4, 0.5) is 48.3 Å². The summed E-state index contributed by atoms with van der Waals surface area (Å²) >= 11 is 0. The third-order valence-corrected chi connectivity index (χ3v) is 3.07. The van der Waals surface area contributed by atoms with Crippen LogP contribution < -0.4 is 0 Å². The molecule has 0 aliphatic rings. The minimum absolute atomic E-state index is 2.32. The normalized spacial score (nSPS) is 16.0. The van der Waals surface area contributed by atoms with E-state index in [-0.39, 0.29) is 0 Å². The molecule has 0 radical (unpaired) electrons. The zero-order valence-corrected chi connectivity index (χ0v) is 10.6. The van der Waals surface area contributed by atoms with Crippen molar-refractivity contribution in [1.29, 1.82) is 0 Å². The third-order valence-electron chi connectivity index (χ3n) is 2.35. The number of hydrogen-bond acceptors (Lipinski definition) is 2. The van der Waals surface area contributed by atoms with E-state index in [1.54, 1.807) is 0 Å². The summed E-state index contributed by atoms with van der Waals surface area (Å²) in [6, 6.07) is 0. The van der Waals surface area contributed by atoms with Gasteiger partial charge in [-0.25, -0.2) is 4.39 Å². The van der Waals surface area contributed by atoms with Gasteiger partial charge in [0.1, 0.15) is 0 Å². The average Bonchev–Trinajstić information content (AvgIpc) is 2.20. The van der Waals surface area contributed by atoms with E-state index in [2.05, 4.69) is 0 Å². The van der Waals surface area contributed by atoms with Crippen LogP contribution in [0.2, 0.25) is 0 Å². The van der Waals surface area contributed by atoms with Crippen molar-refractivity contribution >= 4 is 10.1 Å². The molecule has 0 saturated heterocycles. The molecular weight excluding hydrogens is 373 g/mol. The monoisotopic (exact) mass is 378 g/mol. The Hall–Kier alpha value is -0.860. The smallest absolute Gasteiger partial charge is 0.286 e. The van der Waals surface area contributed by atoms with Gasteiger partial charge in [-0.3, -0.25) is 4.55 Å². The quantitative estimate of drug-likeness (QED) is 0.590. The lowest BCUT2D eigenvalue weighted by Gasteiger charge is -2.39. The predicted octanol–water partition coefficient (Wildman–Crippen LogP) is 3.37. The van der Waals surface area contributed by atoms with Gasteiger partial charge in [-0.15, -0.1) is 0 Å². The molecule has 0 amide bonds. The molecule has 0 aromatic heterocycles. The van der Waals surface area contributed by atoms with Crippen LogP contribution in [-0.4, -0.2) is 48.6 Å². The molecule has 0 heterocycles. The standard InChI is InChI=1S/C7H5F11O3S/c8-3(9,1-2-22(19,20)21)5(11,12)4(10,6(13,14)15)7(16,17)18/h1-2H2,(H,19,20,21). The first kappa shape index (κ1) is 21.1. The van der Waals surface area contributed by atoms with E-state index in [0.29, 0.717) is 0 Å². The Morgan fingerprint density at radius 1 is 0.727 bits per heavy atom. The summed E-state index contributed by atoms with van der Waals surface area (Å²) in [6.07, 6.45) is -17.8. The zero-order valence-electron chi connectivity index (χ0n) is 9.74. The Bertz CT molecular complexity index is 489. The van der Waals surface area contributed by atoms with Crippen LogP contribution in [0.3, 0.4) is 0 Å².